The van der Waals surface area contributed by atoms with Crippen LogP contribution in [-0.2, 0) is 0 Å². The number of rotatable bonds is 4. The van der Waals surface area contributed by atoms with E-state index < -0.39 is 0 Å². The van der Waals surface area contributed by atoms with Crippen molar-refractivity contribution in [2.24, 2.45) is 5.73 Å². The second kappa shape index (κ2) is 5.27. The number of thioether (sulfide) groups is 1. The summed E-state index contributed by atoms with van der Waals surface area (Å²) in [6, 6.07) is 5.89. The highest BCUT2D eigenvalue weighted by atomic mass is 32.2. The minimum Gasteiger partial charge on any atom is -0.384 e. The first-order valence-electron chi connectivity index (χ1n) is 5.75. The molecule has 0 fully saturated rings. The smallest absolute Gasteiger partial charge is 0.126 e. The largest absolute Gasteiger partial charge is 0.384 e. The van der Waals surface area contributed by atoms with Gasteiger partial charge in [-0.25, -0.2) is 4.68 Å². The third kappa shape index (κ3) is 2.41. The second-order valence-corrected chi connectivity index (χ2v) is 5.27. The summed E-state index contributed by atoms with van der Waals surface area (Å²) in [5.41, 5.74) is 8.41. The molecule has 5 heteroatoms. The van der Waals surface area contributed by atoms with Crippen LogP contribution in [0.3, 0.4) is 0 Å². The van der Waals surface area contributed by atoms with Crippen molar-refractivity contribution in [2.75, 3.05) is 5.75 Å². The number of hydrogen-bond donors (Lipinski definition) is 2. The van der Waals surface area contributed by atoms with E-state index in [1.165, 1.54) is 0 Å². The minimum atomic E-state index is 0.0784. The molecule has 1 aromatic carbocycles. The van der Waals surface area contributed by atoms with Gasteiger partial charge in [0.1, 0.15) is 5.84 Å². The van der Waals surface area contributed by atoms with Crippen molar-refractivity contribution >= 4 is 17.6 Å². The molecule has 3 N–H and O–H groups in total. The van der Waals surface area contributed by atoms with E-state index in [2.05, 4.69) is 12.0 Å². The molecule has 2 rings (SSSR count). The summed E-state index contributed by atoms with van der Waals surface area (Å²) < 4.78 is 1.77. The first-order chi connectivity index (χ1) is 8.63. The monoisotopic (exact) mass is 260 g/mol. The number of aromatic nitrogens is 2. The maximum Gasteiger partial charge on any atom is 0.126 e. The van der Waals surface area contributed by atoms with Gasteiger partial charge < -0.3 is 5.73 Å². The van der Waals surface area contributed by atoms with E-state index in [-0.39, 0.29) is 5.84 Å². The fraction of sp³-hybridized carbons (Fsp3) is 0.231. The normalized spacial score (nSPS) is 10.6. The SMILES string of the molecule is CCSc1cccc(-n2cc(C)cn2)c1C(=N)N. The molecular formula is C13H16N4S. The molecule has 0 aliphatic rings. The molecule has 0 amide bonds. The average molecular weight is 260 g/mol. The van der Waals surface area contributed by atoms with Gasteiger partial charge in [0.15, 0.2) is 0 Å². The van der Waals surface area contributed by atoms with Gasteiger partial charge in [-0.2, -0.15) is 5.10 Å². The zero-order chi connectivity index (χ0) is 13.1. The van der Waals surface area contributed by atoms with Gasteiger partial charge >= 0.3 is 0 Å². The van der Waals surface area contributed by atoms with Gasteiger partial charge in [0.2, 0.25) is 0 Å². The highest BCUT2D eigenvalue weighted by Crippen LogP contribution is 2.27. The van der Waals surface area contributed by atoms with E-state index in [1.54, 1.807) is 22.6 Å². The van der Waals surface area contributed by atoms with Crippen molar-refractivity contribution in [1.29, 1.82) is 5.41 Å². The maximum atomic E-state index is 7.77. The minimum absolute atomic E-state index is 0.0784. The Morgan fingerprint density at radius 1 is 1.50 bits per heavy atom. The summed E-state index contributed by atoms with van der Waals surface area (Å²) in [5.74, 6) is 1.02. The van der Waals surface area contributed by atoms with E-state index >= 15 is 0 Å². The van der Waals surface area contributed by atoms with Crippen LogP contribution in [0.1, 0.15) is 18.1 Å². The zero-order valence-corrected chi connectivity index (χ0v) is 11.3. The first kappa shape index (κ1) is 12.7. The molecule has 0 unspecified atom stereocenters. The quantitative estimate of drug-likeness (QED) is 0.504. The Labute approximate surface area is 111 Å². The lowest BCUT2D eigenvalue weighted by molar-refractivity contribution is 0.873. The third-order valence-corrected chi connectivity index (χ3v) is 3.47. The van der Waals surface area contributed by atoms with Gasteiger partial charge in [-0.05, 0) is 30.4 Å². The molecule has 1 aromatic heterocycles. The fourth-order valence-electron chi connectivity index (χ4n) is 1.80. The zero-order valence-electron chi connectivity index (χ0n) is 10.5. The summed E-state index contributed by atoms with van der Waals surface area (Å²) in [4.78, 5) is 1.02. The molecule has 94 valence electrons. The summed E-state index contributed by atoms with van der Waals surface area (Å²) in [6.07, 6.45) is 3.73. The Kier molecular flexibility index (Phi) is 3.72. The molecule has 0 aliphatic heterocycles. The Balaban J connectivity index is 2.59. The van der Waals surface area contributed by atoms with Crippen molar-refractivity contribution < 1.29 is 0 Å². The van der Waals surface area contributed by atoms with Crippen LogP contribution in [0.15, 0.2) is 35.5 Å². The lowest BCUT2D eigenvalue weighted by Gasteiger charge is -2.12. The van der Waals surface area contributed by atoms with Crippen molar-refractivity contribution in [3.63, 3.8) is 0 Å². The summed E-state index contributed by atoms with van der Waals surface area (Å²) in [7, 11) is 0. The van der Waals surface area contributed by atoms with Crippen LogP contribution in [0.5, 0.6) is 0 Å². The molecule has 2 aromatic rings. The molecule has 4 nitrogen and oxygen atoms in total. The van der Waals surface area contributed by atoms with E-state index in [4.69, 9.17) is 11.1 Å². The number of nitrogens with one attached hydrogen (secondary N) is 1. The van der Waals surface area contributed by atoms with Gasteiger partial charge in [0.25, 0.3) is 0 Å². The fourth-order valence-corrected chi connectivity index (χ4v) is 2.65. The lowest BCUT2D eigenvalue weighted by Crippen LogP contribution is -2.16. The van der Waals surface area contributed by atoms with Crippen molar-refractivity contribution in [2.45, 2.75) is 18.7 Å². The highest BCUT2D eigenvalue weighted by molar-refractivity contribution is 7.99. The maximum absolute atomic E-state index is 7.77. The Morgan fingerprint density at radius 3 is 2.83 bits per heavy atom. The van der Waals surface area contributed by atoms with Gasteiger partial charge in [-0.1, -0.05) is 13.0 Å². The third-order valence-electron chi connectivity index (χ3n) is 2.53. The van der Waals surface area contributed by atoms with E-state index in [9.17, 15) is 0 Å². The van der Waals surface area contributed by atoms with Crippen LogP contribution in [0.2, 0.25) is 0 Å². The predicted molar refractivity (Wildman–Crippen MR) is 75.7 cm³/mol. The number of nitrogens with two attached hydrogens (primary N) is 1. The summed E-state index contributed by atoms with van der Waals surface area (Å²) in [5, 5.41) is 12.1. The topological polar surface area (TPSA) is 67.7 Å². The number of benzene rings is 1. The number of aryl methyl sites for hydroxylation is 1. The Hall–Kier alpha value is -1.75. The number of nitrogens with zero attached hydrogens (tertiary/aromatic N) is 2. The predicted octanol–water partition coefficient (Wildman–Crippen LogP) is 2.58. The number of hydrogen-bond acceptors (Lipinski definition) is 3. The van der Waals surface area contributed by atoms with Crippen molar-refractivity contribution in [1.82, 2.24) is 9.78 Å². The lowest BCUT2D eigenvalue weighted by atomic mass is 10.1. The van der Waals surface area contributed by atoms with Gasteiger partial charge in [-0.3, -0.25) is 5.41 Å². The first-order valence-corrected chi connectivity index (χ1v) is 6.74. The Bertz CT molecular complexity index is 574. The average Bonchev–Trinajstić information content (AvgIpc) is 2.75. The van der Waals surface area contributed by atoms with Gasteiger partial charge in [-0.15, -0.1) is 11.8 Å². The van der Waals surface area contributed by atoms with E-state index in [0.29, 0.717) is 0 Å². The van der Waals surface area contributed by atoms with E-state index in [0.717, 1.165) is 27.5 Å². The molecule has 18 heavy (non-hydrogen) atoms. The number of nitrogen functional groups attached to an aromatic ring is 1. The number of amidine groups is 1. The molecule has 0 atom stereocenters. The van der Waals surface area contributed by atoms with Gasteiger partial charge in [0.05, 0.1) is 17.4 Å². The Morgan fingerprint density at radius 2 is 2.28 bits per heavy atom. The van der Waals surface area contributed by atoms with E-state index in [1.807, 2.05) is 31.3 Å². The molecule has 0 aliphatic carbocycles. The van der Waals surface area contributed by atoms with Crippen LogP contribution in [0.25, 0.3) is 5.69 Å². The molecule has 0 saturated heterocycles. The molecule has 1 heterocycles. The second-order valence-electron chi connectivity index (χ2n) is 3.96. The van der Waals surface area contributed by atoms with Crippen LogP contribution in [0, 0.1) is 12.3 Å². The molecule has 0 spiro atoms. The summed E-state index contributed by atoms with van der Waals surface area (Å²) in [6.45, 7) is 4.07. The summed E-state index contributed by atoms with van der Waals surface area (Å²) >= 11 is 1.68. The van der Waals surface area contributed by atoms with Crippen LogP contribution in [-0.4, -0.2) is 21.4 Å². The van der Waals surface area contributed by atoms with Crippen LogP contribution >= 0.6 is 11.8 Å². The molecular weight excluding hydrogens is 244 g/mol. The van der Waals surface area contributed by atoms with Crippen LogP contribution in [0.4, 0.5) is 0 Å². The molecule has 0 bridgehead atoms. The molecule has 0 radical (unpaired) electrons. The van der Waals surface area contributed by atoms with Crippen molar-refractivity contribution in [3.8, 4) is 5.69 Å². The standard InChI is InChI=1S/C13H16N4S/c1-3-18-11-6-4-5-10(12(11)13(14)15)17-8-9(2)7-16-17/h4-8H,3H2,1-2H3,(H3,14,15). The highest BCUT2D eigenvalue weighted by Gasteiger charge is 2.13. The van der Waals surface area contributed by atoms with Crippen molar-refractivity contribution in [3.05, 3.63) is 41.7 Å². The van der Waals surface area contributed by atoms with Gasteiger partial charge in [0, 0.05) is 11.1 Å². The van der Waals surface area contributed by atoms with Crippen LogP contribution < -0.4 is 5.73 Å². The molecule has 0 saturated carbocycles.